The average molecular weight is 246 g/mol. The van der Waals surface area contributed by atoms with Gasteiger partial charge in [-0.15, -0.1) is 11.6 Å². The van der Waals surface area contributed by atoms with Crippen LogP contribution in [0, 0.1) is 6.92 Å². The molecule has 0 unspecified atom stereocenters. The molecule has 0 radical (unpaired) electrons. The summed E-state index contributed by atoms with van der Waals surface area (Å²) in [6.45, 7) is 2.99. The SMILES string of the molecule is Cc1ccccc1CNc1ccc(CCl)cc1. The fraction of sp³-hybridized carbons (Fsp3) is 0.200. The Bertz CT molecular complexity index is 477. The molecule has 0 spiro atoms. The van der Waals surface area contributed by atoms with Crippen molar-refractivity contribution >= 4 is 17.3 Å². The molecule has 2 heteroatoms. The number of nitrogens with one attached hydrogen (secondary N) is 1. The molecule has 0 saturated carbocycles. The Kier molecular flexibility index (Phi) is 4.05. The van der Waals surface area contributed by atoms with E-state index in [2.05, 4.69) is 48.6 Å². The van der Waals surface area contributed by atoms with Gasteiger partial charge in [-0.1, -0.05) is 36.4 Å². The maximum atomic E-state index is 5.75. The smallest absolute Gasteiger partial charge is 0.0474 e. The van der Waals surface area contributed by atoms with Gasteiger partial charge in [-0.3, -0.25) is 0 Å². The molecular formula is C15H16ClN. The second-order valence-electron chi connectivity index (χ2n) is 4.11. The predicted octanol–water partition coefficient (Wildman–Crippen LogP) is 4.35. The highest BCUT2D eigenvalue weighted by Crippen LogP contribution is 2.14. The number of alkyl halides is 1. The van der Waals surface area contributed by atoms with Gasteiger partial charge in [0.2, 0.25) is 0 Å². The van der Waals surface area contributed by atoms with Crippen molar-refractivity contribution < 1.29 is 0 Å². The molecule has 2 aromatic rings. The molecule has 0 aromatic heterocycles. The molecule has 0 aliphatic heterocycles. The molecule has 2 rings (SSSR count). The molecule has 1 N–H and O–H groups in total. The first-order valence-corrected chi connectivity index (χ1v) is 6.26. The van der Waals surface area contributed by atoms with Crippen LogP contribution in [0.4, 0.5) is 5.69 Å². The summed E-state index contributed by atoms with van der Waals surface area (Å²) in [7, 11) is 0. The molecule has 2 aromatic carbocycles. The molecule has 0 aliphatic rings. The van der Waals surface area contributed by atoms with Crippen molar-refractivity contribution in [2.24, 2.45) is 0 Å². The number of hydrogen-bond donors (Lipinski definition) is 1. The molecule has 88 valence electrons. The molecule has 0 fully saturated rings. The van der Waals surface area contributed by atoms with Gasteiger partial charge in [0.1, 0.15) is 0 Å². The van der Waals surface area contributed by atoms with Gasteiger partial charge in [-0.2, -0.15) is 0 Å². The van der Waals surface area contributed by atoms with Gasteiger partial charge in [-0.05, 0) is 35.7 Å². The molecule has 0 saturated heterocycles. The second-order valence-corrected chi connectivity index (χ2v) is 4.38. The van der Waals surface area contributed by atoms with E-state index >= 15 is 0 Å². The zero-order valence-corrected chi connectivity index (χ0v) is 10.7. The molecular weight excluding hydrogens is 230 g/mol. The van der Waals surface area contributed by atoms with Crippen LogP contribution in [0.1, 0.15) is 16.7 Å². The summed E-state index contributed by atoms with van der Waals surface area (Å²) >= 11 is 5.75. The van der Waals surface area contributed by atoms with Crippen molar-refractivity contribution in [3.63, 3.8) is 0 Å². The lowest BCUT2D eigenvalue weighted by Gasteiger charge is -2.09. The summed E-state index contributed by atoms with van der Waals surface area (Å²) < 4.78 is 0. The molecule has 0 aliphatic carbocycles. The minimum Gasteiger partial charge on any atom is -0.381 e. The fourth-order valence-corrected chi connectivity index (χ4v) is 1.90. The maximum Gasteiger partial charge on any atom is 0.0474 e. The van der Waals surface area contributed by atoms with Crippen LogP contribution in [0.25, 0.3) is 0 Å². The summed E-state index contributed by atoms with van der Waals surface area (Å²) in [6.07, 6.45) is 0. The molecule has 17 heavy (non-hydrogen) atoms. The number of hydrogen-bond acceptors (Lipinski definition) is 1. The van der Waals surface area contributed by atoms with Crippen molar-refractivity contribution in [1.82, 2.24) is 0 Å². The minimum absolute atomic E-state index is 0.568. The highest BCUT2D eigenvalue weighted by Gasteiger charge is 1.97. The van der Waals surface area contributed by atoms with Crippen molar-refractivity contribution in [2.45, 2.75) is 19.3 Å². The van der Waals surface area contributed by atoms with Crippen LogP contribution in [0.3, 0.4) is 0 Å². The zero-order valence-electron chi connectivity index (χ0n) is 9.91. The van der Waals surface area contributed by atoms with E-state index in [1.807, 2.05) is 12.1 Å². The Hall–Kier alpha value is -1.47. The number of halogens is 1. The van der Waals surface area contributed by atoms with Crippen LogP contribution < -0.4 is 5.32 Å². The summed E-state index contributed by atoms with van der Waals surface area (Å²) in [5, 5.41) is 3.41. The van der Waals surface area contributed by atoms with Crippen LogP contribution in [-0.4, -0.2) is 0 Å². The Morgan fingerprint density at radius 3 is 2.35 bits per heavy atom. The van der Waals surface area contributed by atoms with Gasteiger partial charge < -0.3 is 5.32 Å². The fourth-order valence-electron chi connectivity index (χ4n) is 1.72. The first kappa shape index (κ1) is 12.0. The molecule has 1 nitrogen and oxygen atoms in total. The standard InChI is InChI=1S/C15H16ClN/c1-12-4-2-3-5-14(12)11-17-15-8-6-13(10-16)7-9-15/h2-9,17H,10-11H2,1H3. The van der Waals surface area contributed by atoms with Gasteiger partial charge in [0.05, 0.1) is 0 Å². The highest BCUT2D eigenvalue weighted by atomic mass is 35.5. The van der Waals surface area contributed by atoms with Crippen LogP contribution >= 0.6 is 11.6 Å². The zero-order chi connectivity index (χ0) is 12.1. The number of rotatable bonds is 4. The lowest BCUT2D eigenvalue weighted by Crippen LogP contribution is -2.00. The monoisotopic (exact) mass is 245 g/mol. The van der Waals surface area contributed by atoms with Crippen molar-refractivity contribution in [2.75, 3.05) is 5.32 Å². The van der Waals surface area contributed by atoms with E-state index in [0.717, 1.165) is 17.8 Å². The van der Waals surface area contributed by atoms with Crippen molar-refractivity contribution in [3.8, 4) is 0 Å². The minimum atomic E-state index is 0.568. The van der Waals surface area contributed by atoms with E-state index in [4.69, 9.17) is 11.6 Å². The Morgan fingerprint density at radius 1 is 1.00 bits per heavy atom. The van der Waals surface area contributed by atoms with Crippen LogP contribution in [0.5, 0.6) is 0 Å². The summed E-state index contributed by atoms with van der Waals surface area (Å²) in [6, 6.07) is 16.6. The van der Waals surface area contributed by atoms with E-state index in [1.54, 1.807) is 0 Å². The third kappa shape index (κ3) is 3.24. The predicted molar refractivity (Wildman–Crippen MR) is 74.5 cm³/mol. The third-order valence-electron chi connectivity index (χ3n) is 2.85. The van der Waals surface area contributed by atoms with Gasteiger partial charge in [-0.25, -0.2) is 0 Å². The van der Waals surface area contributed by atoms with E-state index < -0.39 is 0 Å². The van der Waals surface area contributed by atoms with Gasteiger partial charge in [0, 0.05) is 18.1 Å². The number of benzene rings is 2. The van der Waals surface area contributed by atoms with Crippen LogP contribution in [-0.2, 0) is 12.4 Å². The number of anilines is 1. The summed E-state index contributed by atoms with van der Waals surface area (Å²) in [5.41, 5.74) is 4.92. The van der Waals surface area contributed by atoms with E-state index in [1.165, 1.54) is 11.1 Å². The largest absolute Gasteiger partial charge is 0.381 e. The van der Waals surface area contributed by atoms with Crippen molar-refractivity contribution in [3.05, 3.63) is 65.2 Å². The summed E-state index contributed by atoms with van der Waals surface area (Å²) in [5.74, 6) is 0.568. The van der Waals surface area contributed by atoms with E-state index in [0.29, 0.717) is 5.88 Å². The Morgan fingerprint density at radius 2 is 1.71 bits per heavy atom. The van der Waals surface area contributed by atoms with Crippen molar-refractivity contribution in [1.29, 1.82) is 0 Å². The van der Waals surface area contributed by atoms with Crippen LogP contribution in [0.15, 0.2) is 48.5 Å². The Balaban J connectivity index is 2.00. The van der Waals surface area contributed by atoms with E-state index in [-0.39, 0.29) is 0 Å². The molecule has 0 bridgehead atoms. The maximum absolute atomic E-state index is 5.75. The molecule has 0 atom stereocenters. The van der Waals surface area contributed by atoms with Gasteiger partial charge >= 0.3 is 0 Å². The quantitative estimate of drug-likeness (QED) is 0.790. The Labute approximate surface area is 107 Å². The highest BCUT2D eigenvalue weighted by molar-refractivity contribution is 6.17. The summed E-state index contributed by atoms with van der Waals surface area (Å²) in [4.78, 5) is 0. The second kappa shape index (κ2) is 5.74. The van der Waals surface area contributed by atoms with Crippen LogP contribution in [0.2, 0.25) is 0 Å². The first-order valence-electron chi connectivity index (χ1n) is 5.73. The third-order valence-corrected chi connectivity index (χ3v) is 3.16. The number of aryl methyl sites for hydroxylation is 1. The topological polar surface area (TPSA) is 12.0 Å². The van der Waals surface area contributed by atoms with Gasteiger partial charge in [0.25, 0.3) is 0 Å². The normalized spacial score (nSPS) is 10.2. The molecule has 0 amide bonds. The first-order chi connectivity index (χ1) is 8.29. The molecule has 0 heterocycles. The lowest BCUT2D eigenvalue weighted by molar-refractivity contribution is 1.12. The van der Waals surface area contributed by atoms with E-state index in [9.17, 15) is 0 Å². The lowest BCUT2D eigenvalue weighted by atomic mass is 10.1. The average Bonchev–Trinajstić information content (AvgIpc) is 2.38. The van der Waals surface area contributed by atoms with Gasteiger partial charge in [0.15, 0.2) is 0 Å².